The standard InChI is InChI=1S/C11H6BrClN2O/c12-10-5-7(3-4-14-10)11(16)9-2-1-8(13)6-15-9/h1-6H. The van der Waals surface area contributed by atoms with Crippen molar-refractivity contribution in [1.29, 1.82) is 0 Å². The fourth-order valence-corrected chi connectivity index (χ4v) is 1.68. The minimum Gasteiger partial charge on any atom is -0.287 e. The molecule has 0 amide bonds. The summed E-state index contributed by atoms with van der Waals surface area (Å²) < 4.78 is 0.618. The first kappa shape index (κ1) is 11.2. The number of carbonyl (C=O) groups excluding carboxylic acids is 1. The van der Waals surface area contributed by atoms with Crippen LogP contribution in [0.2, 0.25) is 5.02 Å². The lowest BCUT2D eigenvalue weighted by molar-refractivity contribution is 0.103. The highest BCUT2D eigenvalue weighted by Gasteiger charge is 2.10. The van der Waals surface area contributed by atoms with E-state index in [4.69, 9.17) is 11.6 Å². The Bertz CT molecular complexity index is 528. The van der Waals surface area contributed by atoms with Crippen LogP contribution in [0, 0.1) is 0 Å². The second-order valence-corrected chi connectivity index (χ2v) is 4.31. The van der Waals surface area contributed by atoms with Crippen molar-refractivity contribution < 1.29 is 4.79 Å². The quantitative estimate of drug-likeness (QED) is 0.632. The topological polar surface area (TPSA) is 42.9 Å². The molecular weight excluding hydrogens is 291 g/mol. The maximum atomic E-state index is 12.0. The van der Waals surface area contributed by atoms with Crippen LogP contribution in [0.25, 0.3) is 0 Å². The predicted molar refractivity (Wildman–Crippen MR) is 64.6 cm³/mol. The van der Waals surface area contributed by atoms with Crippen LogP contribution in [0.15, 0.2) is 41.3 Å². The van der Waals surface area contributed by atoms with E-state index in [0.29, 0.717) is 20.9 Å². The van der Waals surface area contributed by atoms with E-state index in [1.54, 1.807) is 30.5 Å². The second kappa shape index (κ2) is 4.72. The van der Waals surface area contributed by atoms with Crippen LogP contribution in [0.3, 0.4) is 0 Å². The van der Waals surface area contributed by atoms with Crippen LogP contribution in [0.1, 0.15) is 16.1 Å². The lowest BCUT2D eigenvalue weighted by atomic mass is 10.1. The molecule has 3 nitrogen and oxygen atoms in total. The van der Waals surface area contributed by atoms with Gasteiger partial charge >= 0.3 is 0 Å². The second-order valence-electron chi connectivity index (χ2n) is 3.06. The van der Waals surface area contributed by atoms with Crippen molar-refractivity contribution in [1.82, 2.24) is 9.97 Å². The Morgan fingerprint density at radius 2 is 2.06 bits per heavy atom. The monoisotopic (exact) mass is 296 g/mol. The summed E-state index contributed by atoms with van der Waals surface area (Å²) in [5, 5.41) is 0.507. The minimum absolute atomic E-state index is 0.153. The van der Waals surface area contributed by atoms with Gasteiger partial charge in [0, 0.05) is 18.0 Å². The molecule has 2 heterocycles. The third-order valence-electron chi connectivity index (χ3n) is 1.95. The summed E-state index contributed by atoms with van der Waals surface area (Å²) in [4.78, 5) is 19.9. The first-order valence-electron chi connectivity index (χ1n) is 4.44. The van der Waals surface area contributed by atoms with Gasteiger partial charge in [0.25, 0.3) is 0 Å². The summed E-state index contributed by atoms with van der Waals surface area (Å²) in [5.41, 5.74) is 0.902. The van der Waals surface area contributed by atoms with Crippen molar-refractivity contribution in [3.05, 3.63) is 57.5 Å². The number of nitrogens with zero attached hydrogens (tertiary/aromatic N) is 2. The zero-order valence-electron chi connectivity index (χ0n) is 8.02. The van der Waals surface area contributed by atoms with Gasteiger partial charge in [-0.15, -0.1) is 0 Å². The highest BCUT2D eigenvalue weighted by atomic mass is 79.9. The maximum absolute atomic E-state index is 12.0. The Morgan fingerprint density at radius 1 is 1.25 bits per heavy atom. The van der Waals surface area contributed by atoms with Crippen LogP contribution >= 0.6 is 27.5 Å². The molecule has 0 aliphatic heterocycles. The first-order valence-corrected chi connectivity index (χ1v) is 5.62. The van der Waals surface area contributed by atoms with E-state index >= 15 is 0 Å². The van der Waals surface area contributed by atoms with Gasteiger partial charge < -0.3 is 0 Å². The van der Waals surface area contributed by atoms with Gasteiger partial charge in [-0.2, -0.15) is 0 Å². The molecule has 0 radical (unpaired) electrons. The van der Waals surface area contributed by atoms with Gasteiger partial charge in [-0.25, -0.2) is 4.98 Å². The molecule has 0 aliphatic carbocycles. The molecule has 5 heteroatoms. The number of hydrogen-bond donors (Lipinski definition) is 0. The van der Waals surface area contributed by atoms with E-state index in [0.717, 1.165) is 0 Å². The third-order valence-corrected chi connectivity index (χ3v) is 2.61. The maximum Gasteiger partial charge on any atom is 0.211 e. The average Bonchev–Trinajstić information content (AvgIpc) is 2.29. The van der Waals surface area contributed by atoms with Crippen molar-refractivity contribution in [2.45, 2.75) is 0 Å². The number of carbonyl (C=O) groups is 1. The number of rotatable bonds is 2. The Labute approximate surface area is 106 Å². The lowest BCUT2D eigenvalue weighted by Gasteiger charge is -2.00. The van der Waals surface area contributed by atoms with E-state index < -0.39 is 0 Å². The van der Waals surface area contributed by atoms with Crippen LogP contribution in [0.5, 0.6) is 0 Å². The molecule has 0 aromatic carbocycles. The van der Waals surface area contributed by atoms with Crippen molar-refractivity contribution >= 4 is 33.3 Å². The van der Waals surface area contributed by atoms with Crippen LogP contribution in [-0.4, -0.2) is 15.8 Å². The Balaban J connectivity index is 2.35. The predicted octanol–water partition coefficient (Wildman–Crippen LogP) is 3.12. The third kappa shape index (κ3) is 2.46. The molecule has 0 N–H and O–H groups in total. The van der Waals surface area contributed by atoms with Gasteiger partial charge in [-0.1, -0.05) is 11.6 Å². The molecule has 0 saturated carbocycles. The van der Waals surface area contributed by atoms with Crippen molar-refractivity contribution in [2.24, 2.45) is 0 Å². The van der Waals surface area contributed by atoms with Gasteiger partial charge in [0.15, 0.2) is 0 Å². The van der Waals surface area contributed by atoms with E-state index in [1.165, 1.54) is 6.20 Å². The van der Waals surface area contributed by atoms with Gasteiger partial charge in [0.2, 0.25) is 5.78 Å². The Hall–Kier alpha value is -1.26. The van der Waals surface area contributed by atoms with E-state index in [-0.39, 0.29) is 5.78 Å². The summed E-state index contributed by atoms with van der Waals surface area (Å²) in [7, 11) is 0. The van der Waals surface area contributed by atoms with Gasteiger partial charge in [-0.3, -0.25) is 9.78 Å². The summed E-state index contributed by atoms with van der Waals surface area (Å²) in [6.07, 6.45) is 3.01. The molecular formula is C11H6BrClN2O. The van der Waals surface area contributed by atoms with Crippen LogP contribution < -0.4 is 0 Å². The first-order chi connectivity index (χ1) is 7.66. The smallest absolute Gasteiger partial charge is 0.211 e. The zero-order chi connectivity index (χ0) is 11.5. The number of hydrogen-bond acceptors (Lipinski definition) is 3. The van der Waals surface area contributed by atoms with E-state index in [9.17, 15) is 4.79 Å². The Kier molecular flexibility index (Phi) is 3.31. The molecule has 0 atom stereocenters. The largest absolute Gasteiger partial charge is 0.287 e. The molecule has 80 valence electrons. The molecule has 0 aliphatic rings. The normalized spacial score (nSPS) is 10.1. The molecule has 0 unspecified atom stereocenters. The molecule has 2 aromatic heterocycles. The van der Waals surface area contributed by atoms with E-state index in [1.807, 2.05) is 0 Å². The Morgan fingerprint density at radius 3 is 2.69 bits per heavy atom. The summed E-state index contributed by atoms with van der Waals surface area (Å²) in [6.45, 7) is 0. The van der Waals surface area contributed by atoms with Crippen molar-refractivity contribution in [3.8, 4) is 0 Å². The summed E-state index contributed by atoms with van der Waals surface area (Å²) >= 11 is 8.91. The average molecular weight is 298 g/mol. The van der Waals surface area contributed by atoms with Gasteiger partial charge in [0.1, 0.15) is 10.3 Å². The zero-order valence-corrected chi connectivity index (χ0v) is 10.4. The van der Waals surface area contributed by atoms with E-state index in [2.05, 4.69) is 25.9 Å². The summed E-state index contributed by atoms with van der Waals surface area (Å²) in [6, 6.07) is 6.53. The molecule has 2 aromatic rings. The minimum atomic E-state index is -0.153. The number of pyridine rings is 2. The molecule has 2 rings (SSSR count). The number of ketones is 1. The SMILES string of the molecule is O=C(c1ccnc(Br)c1)c1ccc(Cl)cn1. The van der Waals surface area contributed by atoms with Gasteiger partial charge in [0.05, 0.1) is 5.02 Å². The highest BCUT2D eigenvalue weighted by molar-refractivity contribution is 9.10. The van der Waals surface area contributed by atoms with Crippen molar-refractivity contribution in [2.75, 3.05) is 0 Å². The number of aromatic nitrogens is 2. The lowest BCUT2D eigenvalue weighted by Crippen LogP contribution is -2.03. The molecule has 0 bridgehead atoms. The molecule has 16 heavy (non-hydrogen) atoms. The summed E-state index contributed by atoms with van der Waals surface area (Å²) in [5.74, 6) is -0.153. The van der Waals surface area contributed by atoms with Gasteiger partial charge in [-0.05, 0) is 40.2 Å². The molecule has 0 saturated heterocycles. The molecule has 0 fully saturated rings. The number of halogens is 2. The van der Waals surface area contributed by atoms with Crippen LogP contribution in [-0.2, 0) is 0 Å². The van der Waals surface area contributed by atoms with Crippen LogP contribution in [0.4, 0.5) is 0 Å². The fraction of sp³-hybridized carbons (Fsp3) is 0. The highest BCUT2D eigenvalue weighted by Crippen LogP contribution is 2.13. The fourth-order valence-electron chi connectivity index (χ4n) is 1.20. The molecule has 0 spiro atoms. The van der Waals surface area contributed by atoms with Crippen molar-refractivity contribution in [3.63, 3.8) is 0 Å².